The van der Waals surface area contributed by atoms with Gasteiger partial charge in [-0.05, 0) is 36.4 Å². The summed E-state index contributed by atoms with van der Waals surface area (Å²) in [6, 6.07) is 16.4. The monoisotopic (exact) mass is 455 g/mol. The highest BCUT2D eigenvalue weighted by atomic mass is 32.2. The van der Waals surface area contributed by atoms with Crippen molar-refractivity contribution in [3.8, 4) is 0 Å². The number of hydrogen-bond donors (Lipinski definition) is 1. The van der Waals surface area contributed by atoms with Gasteiger partial charge in [0.05, 0.1) is 9.82 Å². The molecule has 168 valence electrons. The van der Waals surface area contributed by atoms with Gasteiger partial charge in [-0.2, -0.15) is 0 Å². The Kier molecular flexibility index (Phi) is 8.37. The first kappa shape index (κ1) is 23.5. The van der Waals surface area contributed by atoms with Crippen molar-refractivity contribution in [3.05, 3.63) is 94.6 Å². The maximum Gasteiger partial charge on any atom is 0.269 e. The van der Waals surface area contributed by atoms with Gasteiger partial charge in [0, 0.05) is 74.9 Å². The molecule has 9 nitrogen and oxygen atoms in total. The van der Waals surface area contributed by atoms with E-state index in [-0.39, 0.29) is 17.1 Å². The number of benzene rings is 1. The first-order valence-corrected chi connectivity index (χ1v) is 11.7. The number of non-ortho nitro benzene ring substituents is 1. The lowest BCUT2D eigenvalue weighted by Crippen LogP contribution is -2.37. The molecule has 0 aliphatic rings. The van der Waals surface area contributed by atoms with Crippen LogP contribution in [0.15, 0.2) is 78.0 Å². The van der Waals surface area contributed by atoms with Crippen LogP contribution in [0.1, 0.15) is 11.4 Å². The molecule has 0 fully saturated rings. The Hall–Kier alpha value is -3.21. The van der Waals surface area contributed by atoms with Crippen LogP contribution >= 0.6 is 0 Å². The average Bonchev–Trinajstić information content (AvgIpc) is 2.82. The third-order valence-corrected chi connectivity index (χ3v) is 6.38. The summed E-state index contributed by atoms with van der Waals surface area (Å²) in [5.41, 5.74) is 1.79. The fraction of sp³-hybridized carbons (Fsp3) is 0.273. The van der Waals surface area contributed by atoms with Crippen molar-refractivity contribution in [1.29, 1.82) is 0 Å². The van der Waals surface area contributed by atoms with E-state index in [0.29, 0.717) is 6.54 Å². The van der Waals surface area contributed by atoms with Crippen molar-refractivity contribution in [2.45, 2.75) is 17.7 Å². The zero-order valence-corrected chi connectivity index (χ0v) is 18.3. The van der Waals surface area contributed by atoms with Gasteiger partial charge < -0.3 is 4.90 Å². The Bertz CT molecular complexity index is 1050. The van der Waals surface area contributed by atoms with Gasteiger partial charge in [0.1, 0.15) is 0 Å². The van der Waals surface area contributed by atoms with E-state index in [9.17, 15) is 18.5 Å². The predicted octanol–water partition coefficient (Wildman–Crippen LogP) is 2.45. The quantitative estimate of drug-likeness (QED) is 0.329. The van der Waals surface area contributed by atoms with Crippen LogP contribution < -0.4 is 4.72 Å². The third kappa shape index (κ3) is 7.19. The van der Waals surface area contributed by atoms with Gasteiger partial charge in [-0.15, -0.1) is 0 Å². The van der Waals surface area contributed by atoms with Crippen LogP contribution in [0.2, 0.25) is 0 Å². The highest BCUT2D eigenvalue weighted by Gasteiger charge is 2.16. The fourth-order valence-corrected chi connectivity index (χ4v) is 4.16. The van der Waals surface area contributed by atoms with Crippen LogP contribution in [0.3, 0.4) is 0 Å². The van der Waals surface area contributed by atoms with Gasteiger partial charge in [-0.3, -0.25) is 20.1 Å². The number of nitro groups is 1. The molecule has 0 saturated carbocycles. The number of hydrogen-bond acceptors (Lipinski definition) is 7. The first-order chi connectivity index (χ1) is 15.4. The second-order valence-electron chi connectivity index (χ2n) is 7.13. The van der Waals surface area contributed by atoms with E-state index < -0.39 is 14.9 Å². The first-order valence-electron chi connectivity index (χ1n) is 10.2. The van der Waals surface area contributed by atoms with Gasteiger partial charge in [-0.25, -0.2) is 13.1 Å². The van der Waals surface area contributed by atoms with E-state index in [2.05, 4.69) is 19.6 Å². The molecule has 0 unspecified atom stereocenters. The summed E-state index contributed by atoms with van der Waals surface area (Å²) < 4.78 is 27.6. The van der Waals surface area contributed by atoms with Gasteiger partial charge in [-0.1, -0.05) is 12.1 Å². The van der Waals surface area contributed by atoms with E-state index in [0.717, 1.165) is 37.3 Å². The molecule has 0 amide bonds. The Morgan fingerprint density at radius 3 is 1.88 bits per heavy atom. The standard InChI is InChI=1S/C22H25N5O4S/c28-27(29)21-7-9-22(10-8-21)32(30,31)25-15-18-26(16-11-19-5-1-3-13-23-19)17-12-20-6-2-4-14-24-20/h1-10,13-14,25H,11-12,15-18H2. The average molecular weight is 456 g/mol. The Morgan fingerprint density at radius 1 is 0.844 bits per heavy atom. The van der Waals surface area contributed by atoms with E-state index in [1.54, 1.807) is 12.4 Å². The number of rotatable bonds is 12. The zero-order chi connectivity index (χ0) is 22.8. The Morgan fingerprint density at radius 2 is 1.41 bits per heavy atom. The maximum atomic E-state index is 12.5. The summed E-state index contributed by atoms with van der Waals surface area (Å²) in [5, 5.41) is 10.8. The summed E-state index contributed by atoms with van der Waals surface area (Å²) in [5.74, 6) is 0. The highest BCUT2D eigenvalue weighted by Crippen LogP contribution is 2.15. The number of aromatic nitrogens is 2. The summed E-state index contributed by atoms with van der Waals surface area (Å²) in [7, 11) is -3.76. The number of nitro benzene ring substituents is 1. The van der Waals surface area contributed by atoms with Crippen molar-refractivity contribution in [1.82, 2.24) is 19.6 Å². The van der Waals surface area contributed by atoms with Crippen molar-refractivity contribution >= 4 is 15.7 Å². The van der Waals surface area contributed by atoms with Crippen molar-refractivity contribution in [3.63, 3.8) is 0 Å². The summed E-state index contributed by atoms with van der Waals surface area (Å²) in [6.07, 6.45) is 5.01. The maximum absolute atomic E-state index is 12.5. The Balaban J connectivity index is 1.58. The highest BCUT2D eigenvalue weighted by molar-refractivity contribution is 7.89. The van der Waals surface area contributed by atoms with Crippen LogP contribution in [-0.4, -0.2) is 54.4 Å². The van der Waals surface area contributed by atoms with E-state index in [1.807, 2.05) is 36.4 Å². The lowest BCUT2D eigenvalue weighted by molar-refractivity contribution is -0.384. The summed E-state index contributed by atoms with van der Waals surface area (Å²) in [6.45, 7) is 2.17. The van der Waals surface area contributed by atoms with Crippen LogP contribution in [0.4, 0.5) is 5.69 Å². The van der Waals surface area contributed by atoms with Gasteiger partial charge in [0.25, 0.3) is 5.69 Å². The lowest BCUT2D eigenvalue weighted by atomic mass is 10.2. The summed E-state index contributed by atoms with van der Waals surface area (Å²) >= 11 is 0. The van der Waals surface area contributed by atoms with Crippen LogP contribution in [0, 0.1) is 10.1 Å². The number of sulfonamides is 1. The van der Waals surface area contributed by atoms with E-state index in [1.165, 1.54) is 24.3 Å². The molecule has 0 aliphatic carbocycles. The minimum Gasteiger partial charge on any atom is -0.301 e. The smallest absolute Gasteiger partial charge is 0.269 e. The van der Waals surface area contributed by atoms with Crippen molar-refractivity contribution in [2.24, 2.45) is 0 Å². The molecule has 0 spiro atoms. The lowest BCUT2D eigenvalue weighted by Gasteiger charge is -2.22. The largest absolute Gasteiger partial charge is 0.301 e. The second-order valence-corrected chi connectivity index (χ2v) is 8.90. The molecular weight excluding hydrogens is 430 g/mol. The molecule has 32 heavy (non-hydrogen) atoms. The van der Waals surface area contributed by atoms with Gasteiger partial charge >= 0.3 is 0 Å². The molecule has 3 rings (SSSR count). The minimum atomic E-state index is -3.76. The molecular formula is C22H25N5O4S. The zero-order valence-electron chi connectivity index (χ0n) is 17.5. The fourth-order valence-electron chi connectivity index (χ4n) is 3.14. The number of nitrogens with zero attached hydrogens (tertiary/aromatic N) is 4. The molecule has 0 aliphatic heterocycles. The molecule has 0 atom stereocenters. The summed E-state index contributed by atoms with van der Waals surface area (Å²) in [4.78, 5) is 21.1. The van der Waals surface area contributed by atoms with E-state index in [4.69, 9.17) is 0 Å². The molecule has 10 heteroatoms. The number of pyridine rings is 2. The SMILES string of the molecule is O=[N+]([O-])c1ccc(S(=O)(=O)NCCN(CCc2ccccn2)CCc2ccccn2)cc1. The normalized spacial score (nSPS) is 11.5. The van der Waals surface area contributed by atoms with Crippen LogP contribution in [0.5, 0.6) is 0 Å². The minimum absolute atomic E-state index is 0.00313. The van der Waals surface area contributed by atoms with Gasteiger partial charge in [0.15, 0.2) is 0 Å². The molecule has 0 saturated heterocycles. The molecule has 1 aromatic carbocycles. The van der Waals surface area contributed by atoms with Gasteiger partial charge in [0.2, 0.25) is 10.0 Å². The van der Waals surface area contributed by atoms with Crippen LogP contribution in [-0.2, 0) is 22.9 Å². The molecule has 0 radical (unpaired) electrons. The topological polar surface area (TPSA) is 118 Å². The second kappa shape index (κ2) is 11.4. The molecule has 3 aromatic rings. The van der Waals surface area contributed by atoms with Crippen molar-refractivity contribution in [2.75, 3.05) is 26.2 Å². The molecule has 2 aromatic heterocycles. The molecule has 2 heterocycles. The van der Waals surface area contributed by atoms with Crippen molar-refractivity contribution < 1.29 is 13.3 Å². The third-order valence-electron chi connectivity index (χ3n) is 4.90. The molecule has 1 N–H and O–H groups in total. The number of nitrogens with one attached hydrogen (secondary N) is 1. The van der Waals surface area contributed by atoms with Crippen LogP contribution in [0.25, 0.3) is 0 Å². The van der Waals surface area contributed by atoms with E-state index >= 15 is 0 Å². The Labute approximate surface area is 187 Å². The predicted molar refractivity (Wildman–Crippen MR) is 121 cm³/mol. The molecule has 0 bridgehead atoms.